The maximum Gasteiger partial charge on any atom is 0.343 e. The van der Waals surface area contributed by atoms with Crippen LogP contribution < -0.4 is 4.74 Å². The molecule has 1 aromatic heterocycles. The highest BCUT2D eigenvalue weighted by Gasteiger charge is 2.36. The van der Waals surface area contributed by atoms with Crippen molar-refractivity contribution in [3.8, 4) is 11.4 Å². The van der Waals surface area contributed by atoms with Gasteiger partial charge in [-0.15, -0.1) is 0 Å². The minimum absolute atomic E-state index is 0.0685. The summed E-state index contributed by atoms with van der Waals surface area (Å²) in [6.07, 6.45) is -0.280. The molecule has 0 aliphatic carbocycles. The maximum atomic E-state index is 12.3. The summed E-state index contributed by atoms with van der Waals surface area (Å²) in [4.78, 5) is 46.0. The summed E-state index contributed by atoms with van der Waals surface area (Å²) in [6.45, 7) is 4.34. The molecule has 33 heavy (non-hydrogen) atoms. The highest BCUT2D eigenvalue weighted by atomic mass is 35.5. The fourth-order valence-corrected chi connectivity index (χ4v) is 3.75. The molecule has 3 aromatic rings. The zero-order chi connectivity index (χ0) is 24.4. The number of nitrogens with zero attached hydrogens (tertiary/aromatic N) is 3. The number of hydrogen-bond acceptors (Lipinski definition) is 8. The van der Waals surface area contributed by atoms with Gasteiger partial charge < -0.3 is 14.0 Å². The van der Waals surface area contributed by atoms with Crippen molar-refractivity contribution in [2.45, 2.75) is 27.2 Å². The molecule has 0 radical (unpaired) electrons. The summed E-state index contributed by atoms with van der Waals surface area (Å²) < 4.78 is 11.4. The van der Waals surface area contributed by atoms with Crippen LogP contribution in [0.3, 0.4) is 0 Å². The van der Waals surface area contributed by atoms with Crippen LogP contribution in [-0.2, 0) is 20.7 Å². The van der Waals surface area contributed by atoms with E-state index in [1.54, 1.807) is 38.1 Å². The van der Waals surface area contributed by atoms with Gasteiger partial charge in [0.05, 0.1) is 22.9 Å². The summed E-state index contributed by atoms with van der Waals surface area (Å²) in [5.41, 5.74) is -0.453. The number of carbonyl (C=O) groups is 2. The van der Waals surface area contributed by atoms with E-state index in [4.69, 9.17) is 21.1 Å². The Labute approximate surface area is 191 Å². The number of rotatable bonds is 7. The van der Waals surface area contributed by atoms with Gasteiger partial charge in [-0.2, -0.15) is 0 Å². The number of aromatic nitrogens is 1. The van der Waals surface area contributed by atoms with Gasteiger partial charge in [0.25, 0.3) is 5.75 Å². The summed E-state index contributed by atoms with van der Waals surface area (Å²) in [5.74, 6) is -2.36. The molecule has 11 nitrogen and oxygen atoms in total. The molecule has 3 rings (SSSR count). The first-order valence-electron chi connectivity index (χ1n) is 9.66. The van der Waals surface area contributed by atoms with E-state index < -0.39 is 38.9 Å². The number of carbonyl (C=O) groups excluding carboxylic acids is 2. The van der Waals surface area contributed by atoms with Crippen molar-refractivity contribution in [1.29, 1.82) is 0 Å². The molecule has 172 valence electrons. The molecule has 0 unspecified atom stereocenters. The van der Waals surface area contributed by atoms with Gasteiger partial charge in [-0.1, -0.05) is 11.6 Å². The fraction of sp³-hybridized carbons (Fsp3) is 0.238. The summed E-state index contributed by atoms with van der Waals surface area (Å²) in [6, 6.07) is 7.39. The second kappa shape index (κ2) is 9.25. The third-order valence-corrected chi connectivity index (χ3v) is 5.12. The van der Waals surface area contributed by atoms with Crippen molar-refractivity contribution in [2.24, 2.45) is 0 Å². The first-order valence-corrected chi connectivity index (χ1v) is 10.0. The Morgan fingerprint density at radius 2 is 1.76 bits per heavy atom. The molecule has 0 bridgehead atoms. The molecule has 0 saturated carbocycles. The topological polar surface area (TPSA) is 144 Å². The quantitative estimate of drug-likeness (QED) is 0.211. The lowest BCUT2D eigenvalue weighted by Gasteiger charge is -2.11. The van der Waals surface area contributed by atoms with E-state index in [0.29, 0.717) is 22.0 Å². The summed E-state index contributed by atoms with van der Waals surface area (Å²) in [7, 11) is 0. The molecular formula is C21H18ClN3O8. The minimum atomic E-state index is -0.964. The van der Waals surface area contributed by atoms with Crippen LogP contribution in [-0.4, -0.2) is 33.0 Å². The average molecular weight is 476 g/mol. The van der Waals surface area contributed by atoms with E-state index in [2.05, 4.69) is 0 Å². The third kappa shape index (κ3) is 4.48. The fourth-order valence-electron chi connectivity index (χ4n) is 3.62. The lowest BCUT2D eigenvalue weighted by atomic mass is 10.1. The number of hydrogen-bond donors (Lipinski definition) is 0. The minimum Gasteiger partial charge on any atom is -0.466 e. The third-order valence-electron chi connectivity index (χ3n) is 4.87. The summed E-state index contributed by atoms with van der Waals surface area (Å²) >= 11 is 5.97. The zero-order valence-corrected chi connectivity index (χ0v) is 18.5. The predicted molar refractivity (Wildman–Crippen MR) is 118 cm³/mol. The van der Waals surface area contributed by atoms with Gasteiger partial charge >= 0.3 is 23.3 Å². The smallest absolute Gasteiger partial charge is 0.343 e. The number of ether oxygens (including phenoxy) is 2. The second-order valence-electron chi connectivity index (χ2n) is 6.94. The van der Waals surface area contributed by atoms with Gasteiger partial charge in [-0.25, -0.2) is 0 Å². The predicted octanol–water partition coefficient (Wildman–Crippen LogP) is 4.44. The molecule has 1 heterocycles. The van der Waals surface area contributed by atoms with E-state index in [9.17, 15) is 29.8 Å². The molecule has 0 fully saturated rings. The van der Waals surface area contributed by atoms with E-state index in [-0.39, 0.29) is 23.9 Å². The molecule has 0 amide bonds. The average Bonchev–Trinajstić information content (AvgIpc) is 2.98. The standard InChI is InChI=1S/C21H18ClN3O8/c1-4-32-18(27)10-15-11(2)23(14-7-5-13(22)6-8-14)19-16(15)9-17(24(28)29)21(33-12(3)26)20(19)25(30)31/h5-9H,4,10H2,1-3H3. The molecule has 2 aromatic carbocycles. The number of benzene rings is 2. The van der Waals surface area contributed by atoms with E-state index in [1.807, 2.05) is 0 Å². The SMILES string of the molecule is CCOC(=O)Cc1c(C)n(-c2ccc(Cl)cc2)c2c([N+](=O)[O-])c(OC(C)=O)c([N+](=O)[O-])cc12. The Morgan fingerprint density at radius 1 is 1.12 bits per heavy atom. The van der Waals surface area contributed by atoms with E-state index >= 15 is 0 Å². The van der Waals surface area contributed by atoms with E-state index in [0.717, 1.165) is 13.0 Å². The molecule has 12 heteroatoms. The maximum absolute atomic E-state index is 12.3. The van der Waals surface area contributed by atoms with Crippen LogP contribution in [0.15, 0.2) is 30.3 Å². The van der Waals surface area contributed by atoms with Crippen LogP contribution in [0.25, 0.3) is 16.6 Å². The summed E-state index contributed by atoms with van der Waals surface area (Å²) in [5, 5.41) is 24.4. The monoisotopic (exact) mass is 475 g/mol. The van der Waals surface area contributed by atoms with Crippen molar-refractivity contribution in [3.05, 3.63) is 66.8 Å². The Bertz CT molecular complexity index is 1300. The van der Waals surface area contributed by atoms with Crippen LogP contribution >= 0.6 is 11.6 Å². The van der Waals surface area contributed by atoms with Gasteiger partial charge in [0, 0.05) is 34.8 Å². The van der Waals surface area contributed by atoms with Crippen LogP contribution in [0.1, 0.15) is 25.1 Å². The number of esters is 2. The number of fused-ring (bicyclic) bond motifs is 1. The van der Waals surface area contributed by atoms with Crippen LogP contribution in [0, 0.1) is 27.2 Å². The van der Waals surface area contributed by atoms with Crippen LogP contribution in [0.5, 0.6) is 5.75 Å². The van der Waals surface area contributed by atoms with E-state index in [1.165, 1.54) is 4.57 Å². The molecule has 0 aliphatic rings. The van der Waals surface area contributed by atoms with Crippen LogP contribution in [0.4, 0.5) is 11.4 Å². The number of halogens is 1. The Balaban J connectivity index is 2.53. The molecular weight excluding hydrogens is 458 g/mol. The van der Waals surface area contributed by atoms with Gasteiger partial charge in [0.2, 0.25) is 0 Å². The Hall–Kier alpha value is -3.99. The van der Waals surface area contributed by atoms with Gasteiger partial charge in [-0.3, -0.25) is 29.8 Å². The van der Waals surface area contributed by atoms with Crippen molar-refractivity contribution < 1.29 is 28.9 Å². The molecule has 0 spiro atoms. The zero-order valence-electron chi connectivity index (χ0n) is 17.8. The number of nitro benzene ring substituents is 2. The molecule has 0 saturated heterocycles. The molecule has 0 atom stereocenters. The normalized spacial score (nSPS) is 10.8. The highest BCUT2D eigenvalue weighted by molar-refractivity contribution is 6.30. The first kappa shape index (κ1) is 23.7. The van der Waals surface area contributed by atoms with Gasteiger partial charge in [0.1, 0.15) is 5.52 Å². The van der Waals surface area contributed by atoms with Crippen LogP contribution in [0.2, 0.25) is 5.02 Å². The first-order chi connectivity index (χ1) is 15.6. The van der Waals surface area contributed by atoms with Gasteiger partial charge in [0.15, 0.2) is 0 Å². The van der Waals surface area contributed by atoms with Gasteiger partial charge in [-0.05, 0) is 43.7 Å². The van der Waals surface area contributed by atoms with Crippen molar-refractivity contribution in [2.75, 3.05) is 6.61 Å². The lowest BCUT2D eigenvalue weighted by molar-refractivity contribution is -0.394. The Morgan fingerprint density at radius 3 is 2.27 bits per heavy atom. The molecule has 0 N–H and O–H groups in total. The molecule has 0 aliphatic heterocycles. The lowest BCUT2D eigenvalue weighted by Crippen LogP contribution is -2.09. The van der Waals surface area contributed by atoms with Crippen molar-refractivity contribution >= 4 is 45.8 Å². The largest absolute Gasteiger partial charge is 0.466 e. The highest BCUT2D eigenvalue weighted by Crippen LogP contribution is 2.46. The Kier molecular flexibility index (Phi) is 6.63. The van der Waals surface area contributed by atoms with Crippen molar-refractivity contribution in [1.82, 2.24) is 4.57 Å². The number of nitro groups is 2. The van der Waals surface area contributed by atoms with Crippen molar-refractivity contribution in [3.63, 3.8) is 0 Å². The second-order valence-corrected chi connectivity index (χ2v) is 7.37.